The number of carboxylic acids is 1. The predicted molar refractivity (Wildman–Crippen MR) is 61.7 cm³/mol. The summed E-state index contributed by atoms with van der Waals surface area (Å²) >= 11 is 0. The Morgan fingerprint density at radius 3 is 2.74 bits per heavy atom. The molecule has 1 aromatic rings. The number of rotatable bonds is 7. The van der Waals surface area contributed by atoms with Crippen molar-refractivity contribution in [1.29, 1.82) is 0 Å². The molecule has 0 radical (unpaired) electrons. The molecule has 0 bridgehead atoms. The fourth-order valence-electron chi connectivity index (χ4n) is 1.25. The maximum Gasteiger partial charge on any atom is 0.326 e. The Morgan fingerprint density at radius 2 is 2.21 bits per heavy atom. The molecule has 0 saturated carbocycles. The van der Waals surface area contributed by atoms with Gasteiger partial charge in [-0.25, -0.2) is 9.59 Å². The summed E-state index contributed by atoms with van der Waals surface area (Å²) in [5.41, 5.74) is 4.92. The zero-order chi connectivity index (χ0) is 14.3. The summed E-state index contributed by atoms with van der Waals surface area (Å²) in [6.45, 7) is 0.0774. The summed E-state index contributed by atoms with van der Waals surface area (Å²) in [6.07, 6.45) is 1.22. The first-order valence-corrected chi connectivity index (χ1v) is 5.44. The monoisotopic (exact) mass is 270 g/mol. The second kappa shape index (κ2) is 6.99. The second-order valence-electron chi connectivity index (χ2n) is 3.70. The number of hydrogen-bond donors (Lipinski definition) is 4. The quantitative estimate of drug-likeness (QED) is 0.509. The largest absolute Gasteiger partial charge is 0.480 e. The van der Waals surface area contributed by atoms with E-state index in [0.29, 0.717) is 5.76 Å². The van der Waals surface area contributed by atoms with Gasteiger partial charge in [-0.3, -0.25) is 4.79 Å². The van der Waals surface area contributed by atoms with Crippen molar-refractivity contribution in [2.75, 3.05) is 0 Å². The van der Waals surface area contributed by atoms with Gasteiger partial charge in [0, 0.05) is 12.5 Å². The zero-order valence-corrected chi connectivity index (χ0v) is 9.96. The number of carbonyl (C=O) groups is 3. The average molecular weight is 270 g/mol. The highest BCUT2D eigenvalue weighted by Crippen LogP contribution is 1.98. The third-order valence-electron chi connectivity index (χ3n) is 2.20. The van der Waals surface area contributed by atoms with Gasteiger partial charge in [0.1, 0.15) is 6.04 Å². The summed E-state index contributed by atoms with van der Waals surface area (Å²) in [5, 5.41) is 16.9. The molecule has 104 valence electrons. The van der Waals surface area contributed by atoms with Gasteiger partial charge in [0.25, 0.3) is 0 Å². The molecule has 1 heterocycles. The van der Waals surface area contributed by atoms with Crippen LogP contribution in [-0.4, -0.2) is 34.2 Å². The molecule has 19 heavy (non-hydrogen) atoms. The molecule has 1 rings (SSSR count). The zero-order valence-electron chi connectivity index (χ0n) is 9.96. The van der Waals surface area contributed by atoms with Gasteiger partial charge in [0.2, 0.25) is 5.91 Å². The van der Waals surface area contributed by atoms with Crippen molar-refractivity contribution in [3.05, 3.63) is 18.0 Å². The Balaban J connectivity index is 2.38. The van der Waals surface area contributed by atoms with Crippen LogP contribution in [0.25, 0.3) is 0 Å². The van der Waals surface area contributed by atoms with Crippen molar-refractivity contribution < 1.29 is 24.0 Å². The lowest BCUT2D eigenvalue weighted by Gasteiger charge is -2.13. The number of carboxylic acid groups (broad SMARTS) is 1. The molecule has 1 atom stereocenters. The first-order chi connectivity index (χ1) is 8.99. The van der Waals surface area contributed by atoms with E-state index < -0.39 is 23.9 Å². The van der Waals surface area contributed by atoms with E-state index in [-0.39, 0.29) is 19.4 Å². The van der Waals surface area contributed by atoms with E-state index in [9.17, 15) is 14.4 Å². The van der Waals surface area contributed by atoms with Crippen molar-refractivity contribution in [3.8, 4) is 0 Å². The Kier molecular flexibility index (Phi) is 5.33. The highest BCUT2D eigenvalue weighted by molar-refractivity contribution is 5.83. The summed E-state index contributed by atoms with van der Waals surface area (Å²) in [7, 11) is 0. The molecule has 0 saturated heterocycles. The molecule has 0 spiro atoms. The van der Waals surface area contributed by atoms with Gasteiger partial charge in [0.05, 0.1) is 12.7 Å². The first-order valence-electron chi connectivity index (χ1n) is 5.44. The molecule has 0 aliphatic heterocycles. The van der Waals surface area contributed by atoms with Crippen LogP contribution in [0.4, 0.5) is 4.79 Å². The van der Waals surface area contributed by atoms with Crippen LogP contribution < -0.4 is 16.4 Å². The molecule has 0 aliphatic rings. The SMILES string of the molecule is NC(=O)CCC(NC(=O)NCc1ccno1)C(=O)O. The summed E-state index contributed by atoms with van der Waals surface area (Å²) in [4.78, 5) is 32.9. The van der Waals surface area contributed by atoms with Gasteiger partial charge >= 0.3 is 12.0 Å². The average Bonchev–Trinajstić information content (AvgIpc) is 2.84. The Labute approximate surface area is 108 Å². The minimum atomic E-state index is -1.24. The third-order valence-corrected chi connectivity index (χ3v) is 2.20. The van der Waals surface area contributed by atoms with E-state index >= 15 is 0 Å². The van der Waals surface area contributed by atoms with Gasteiger partial charge in [-0.15, -0.1) is 0 Å². The molecular weight excluding hydrogens is 256 g/mol. The van der Waals surface area contributed by atoms with Gasteiger partial charge in [-0.1, -0.05) is 5.16 Å². The minimum absolute atomic E-state index is 0.0691. The smallest absolute Gasteiger partial charge is 0.326 e. The topological polar surface area (TPSA) is 148 Å². The van der Waals surface area contributed by atoms with Crippen LogP contribution in [0.1, 0.15) is 18.6 Å². The minimum Gasteiger partial charge on any atom is -0.480 e. The second-order valence-corrected chi connectivity index (χ2v) is 3.70. The van der Waals surface area contributed by atoms with Gasteiger partial charge in [-0.05, 0) is 6.42 Å². The van der Waals surface area contributed by atoms with Crippen molar-refractivity contribution in [3.63, 3.8) is 0 Å². The summed E-state index contributed by atoms with van der Waals surface area (Å²) in [5.74, 6) is -1.44. The molecule has 1 aromatic heterocycles. The Hall–Kier alpha value is -2.58. The lowest BCUT2D eigenvalue weighted by molar-refractivity contribution is -0.139. The number of amides is 3. The normalized spacial score (nSPS) is 11.6. The molecule has 9 nitrogen and oxygen atoms in total. The van der Waals surface area contributed by atoms with Crippen LogP contribution in [-0.2, 0) is 16.1 Å². The fraction of sp³-hybridized carbons (Fsp3) is 0.400. The van der Waals surface area contributed by atoms with Crippen molar-refractivity contribution in [1.82, 2.24) is 15.8 Å². The Bertz CT molecular complexity index is 445. The molecular formula is C10H14N4O5. The fourth-order valence-corrected chi connectivity index (χ4v) is 1.25. The number of aliphatic carboxylic acids is 1. The van der Waals surface area contributed by atoms with Crippen LogP contribution in [0.15, 0.2) is 16.8 Å². The van der Waals surface area contributed by atoms with E-state index in [1.54, 1.807) is 6.07 Å². The number of carbonyl (C=O) groups excluding carboxylic acids is 2. The maximum absolute atomic E-state index is 11.4. The van der Waals surface area contributed by atoms with E-state index in [1.807, 2.05) is 0 Å². The Morgan fingerprint density at radius 1 is 1.47 bits per heavy atom. The molecule has 0 fully saturated rings. The van der Waals surface area contributed by atoms with Crippen LogP contribution in [0, 0.1) is 0 Å². The highest BCUT2D eigenvalue weighted by atomic mass is 16.5. The highest BCUT2D eigenvalue weighted by Gasteiger charge is 2.20. The summed E-state index contributed by atoms with van der Waals surface area (Å²) in [6, 6.07) is -0.308. The van der Waals surface area contributed by atoms with Crippen LogP contribution in [0.5, 0.6) is 0 Å². The third kappa shape index (κ3) is 5.52. The van der Waals surface area contributed by atoms with Gasteiger partial charge < -0.3 is 26.0 Å². The number of primary amides is 1. The van der Waals surface area contributed by atoms with E-state index in [4.69, 9.17) is 15.4 Å². The van der Waals surface area contributed by atoms with Gasteiger partial charge in [0.15, 0.2) is 5.76 Å². The van der Waals surface area contributed by atoms with Crippen LogP contribution in [0.2, 0.25) is 0 Å². The number of nitrogens with one attached hydrogen (secondary N) is 2. The maximum atomic E-state index is 11.4. The lowest BCUT2D eigenvalue weighted by Crippen LogP contribution is -2.46. The molecule has 9 heteroatoms. The molecule has 3 amide bonds. The number of urea groups is 1. The molecule has 5 N–H and O–H groups in total. The molecule has 0 aliphatic carbocycles. The van der Waals surface area contributed by atoms with E-state index in [2.05, 4.69) is 15.8 Å². The van der Waals surface area contributed by atoms with Gasteiger partial charge in [-0.2, -0.15) is 0 Å². The standard InChI is InChI=1S/C10H14N4O5/c11-8(15)2-1-7(9(16)17)14-10(18)12-5-6-3-4-13-19-6/h3-4,7H,1-2,5H2,(H2,11,15)(H,16,17)(H2,12,14,18). The van der Waals surface area contributed by atoms with E-state index in [1.165, 1.54) is 6.20 Å². The number of hydrogen-bond acceptors (Lipinski definition) is 5. The molecule has 1 unspecified atom stereocenters. The van der Waals surface area contributed by atoms with E-state index in [0.717, 1.165) is 0 Å². The number of aromatic nitrogens is 1. The van der Waals surface area contributed by atoms with Crippen molar-refractivity contribution >= 4 is 17.9 Å². The lowest BCUT2D eigenvalue weighted by atomic mass is 10.1. The van der Waals surface area contributed by atoms with Crippen LogP contribution in [0.3, 0.4) is 0 Å². The van der Waals surface area contributed by atoms with Crippen LogP contribution >= 0.6 is 0 Å². The number of nitrogens with zero attached hydrogens (tertiary/aromatic N) is 1. The number of nitrogens with two attached hydrogens (primary N) is 1. The molecule has 0 aromatic carbocycles. The van der Waals surface area contributed by atoms with Crippen molar-refractivity contribution in [2.24, 2.45) is 5.73 Å². The first kappa shape index (κ1) is 14.5. The predicted octanol–water partition coefficient (Wildman–Crippen LogP) is -0.807. The summed E-state index contributed by atoms with van der Waals surface area (Å²) < 4.78 is 4.75. The van der Waals surface area contributed by atoms with Crippen molar-refractivity contribution in [2.45, 2.75) is 25.4 Å².